The zero-order valence-corrected chi connectivity index (χ0v) is 13.1. The lowest BCUT2D eigenvalue weighted by atomic mass is 9.99. The lowest BCUT2D eigenvalue weighted by Gasteiger charge is -2.04. The molecule has 1 heterocycles. The molecule has 0 spiro atoms. The summed E-state index contributed by atoms with van der Waals surface area (Å²) in [4.78, 5) is 25.8. The number of rotatable bonds is 3. The molecule has 22 heavy (non-hydrogen) atoms. The van der Waals surface area contributed by atoms with Crippen molar-refractivity contribution in [3.8, 4) is 0 Å². The van der Waals surface area contributed by atoms with E-state index in [1.165, 1.54) is 0 Å². The van der Waals surface area contributed by atoms with Crippen LogP contribution in [0.2, 0.25) is 0 Å². The summed E-state index contributed by atoms with van der Waals surface area (Å²) in [6.45, 7) is 3.53. The SMILES string of the molecule is C/C(=N/N=C(\C)c1cccs1)C1C(=O)c2ccccc2C1=O. The minimum absolute atomic E-state index is 0.189. The molecule has 3 rings (SSSR count). The first-order valence-corrected chi connectivity index (χ1v) is 7.77. The van der Waals surface area contributed by atoms with Gasteiger partial charge in [-0.25, -0.2) is 0 Å². The molecule has 0 radical (unpaired) electrons. The van der Waals surface area contributed by atoms with Gasteiger partial charge in [-0.2, -0.15) is 10.2 Å². The van der Waals surface area contributed by atoms with Crippen molar-refractivity contribution >= 4 is 34.3 Å². The molecule has 0 bridgehead atoms. The molecule has 0 unspecified atom stereocenters. The summed E-state index contributed by atoms with van der Waals surface area (Å²) in [7, 11) is 0. The van der Waals surface area contributed by atoms with Gasteiger partial charge in [0.25, 0.3) is 0 Å². The number of thiophene rings is 1. The Labute approximate surface area is 132 Å². The van der Waals surface area contributed by atoms with Gasteiger partial charge in [0.2, 0.25) is 0 Å². The maximum Gasteiger partial charge on any atom is 0.180 e. The molecule has 0 amide bonds. The number of Topliss-reactive ketones (excluding diaryl/α,β-unsaturated/α-hetero) is 2. The molecule has 2 aromatic rings. The zero-order chi connectivity index (χ0) is 15.7. The van der Waals surface area contributed by atoms with Crippen LogP contribution in [0.4, 0.5) is 0 Å². The molecule has 1 aliphatic rings. The van der Waals surface area contributed by atoms with Crippen LogP contribution < -0.4 is 0 Å². The number of nitrogens with zero attached hydrogens (tertiary/aromatic N) is 2. The van der Waals surface area contributed by atoms with Crippen molar-refractivity contribution < 1.29 is 9.59 Å². The third kappa shape index (κ3) is 2.44. The van der Waals surface area contributed by atoms with Crippen LogP contribution in [0.1, 0.15) is 39.4 Å². The van der Waals surface area contributed by atoms with E-state index < -0.39 is 5.92 Å². The van der Waals surface area contributed by atoms with Crippen molar-refractivity contribution in [3.05, 3.63) is 57.8 Å². The maximum absolute atomic E-state index is 12.4. The second kappa shape index (κ2) is 5.77. The highest BCUT2D eigenvalue weighted by atomic mass is 32.1. The number of carbonyl (C=O) groups is 2. The molecular formula is C17H14N2O2S. The Morgan fingerprint density at radius 1 is 0.955 bits per heavy atom. The molecule has 1 aromatic carbocycles. The van der Waals surface area contributed by atoms with E-state index in [0.29, 0.717) is 16.8 Å². The molecule has 0 fully saturated rings. The van der Waals surface area contributed by atoms with E-state index in [2.05, 4.69) is 10.2 Å². The fourth-order valence-corrected chi connectivity index (χ4v) is 3.14. The largest absolute Gasteiger partial charge is 0.293 e. The van der Waals surface area contributed by atoms with Gasteiger partial charge in [-0.1, -0.05) is 30.3 Å². The number of hydrogen-bond donors (Lipinski definition) is 0. The Kier molecular flexibility index (Phi) is 3.81. The van der Waals surface area contributed by atoms with Gasteiger partial charge in [0.05, 0.1) is 16.3 Å². The van der Waals surface area contributed by atoms with E-state index in [1.807, 2.05) is 24.4 Å². The Bertz CT molecular complexity index is 769. The number of hydrogen-bond acceptors (Lipinski definition) is 5. The fraction of sp³-hybridized carbons (Fsp3) is 0.176. The van der Waals surface area contributed by atoms with Gasteiger partial charge < -0.3 is 0 Å². The van der Waals surface area contributed by atoms with Crippen molar-refractivity contribution in [2.45, 2.75) is 13.8 Å². The minimum atomic E-state index is -0.836. The summed E-state index contributed by atoms with van der Waals surface area (Å²) in [5, 5.41) is 10.2. The van der Waals surface area contributed by atoms with Crippen LogP contribution in [-0.2, 0) is 0 Å². The van der Waals surface area contributed by atoms with Gasteiger partial charge >= 0.3 is 0 Å². The second-order valence-electron chi connectivity index (χ2n) is 5.11. The summed E-state index contributed by atoms with van der Waals surface area (Å²) in [6.07, 6.45) is 0. The third-order valence-electron chi connectivity index (χ3n) is 3.64. The third-order valence-corrected chi connectivity index (χ3v) is 4.61. The normalized spacial score (nSPS) is 16.3. The molecule has 0 saturated carbocycles. The lowest BCUT2D eigenvalue weighted by molar-refractivity contribution is 0.0883. The van der Waals surface area contributed by atoms with Crippen molar-refractivity contribution in [1.29, 1.82) is 0 Å². The zero-order valence-electron chi connectivity index (χ0n) is 12.2. The maximum atomic E-state index is 12.4. The van der Waals surface area contributed by atoms with Crippen LogP contribution in [-0.4, -0.2) is 23.0 Å². The molecule has 0 atom stereocenters. The summed E-state index contributed by atoms with van der Waals surface area (Å²) in [6, 6.07) is 10.8. The van der Waals surface area contributed by atoms with Gasteiger partial charge in [-0.3, -0.25) is 9.59 Å². The first kappa shape index (κ1) is 14.5. The first-order valence-electron chi connectivity index (χ1n) is 6.89. The Balaban J connectivity index is 1.89. The quantitative estimate of drug-likeness (QED) is 0.494. The van der Waals surface area contributed by atoms with E-state index in [-0.39, 0.29) is 11.6 Å². The van der Waals surface area contributed by atoms with E-state index in [9.17, 15) is 9.59 Å². The Hall–Kier alpha value is -2.40. The first-order chi connectivity index (χ1) is 10.6. The highest BCUT2D eigenvalue weighted by Gasteiger charge is 2.40. The number of benzene rings is 1. The predicted octanol–water partition coefficient (Wildman–Crippen LogP) is 3.63. The number of carbonyl (C=O) groups excluding carboxylic acids is 2. The van der Waals surface area contributed by atoms with Crippen LogP contribution in [0.5, 0.6) is 0 Å². The van der Waals surface area contributed by atoms with Crippen LogP contribution in [0, 0.1) is 5.92 Å². The highest BCUT2D eigenvalue weighted by Crippen LogP contribution is 2.27. The standard InChI is InChI=1S/C17H14N2O2S/c1-10(14-8-5-9-22-14)18-19-11(2)15-16(20)12-6-3-4-7-13(12)17(15)21/h3-9,15H,1-2H3/b18-10+,19-11-. The van der Waals surface area contributed by atoms with Crippen LogP contribution in [0.3, 0.4) is 0 Å². The van der Waals surface area contributed by atoms with E-state index >= 15 is 0 Å². The topological polar surface area (TPSA) is 58.9 Å². The summed E-state index contributed by atoms with van der Waals surface area (Å²) >= 11 is 1.57. The molecule has 0 aliphatic heterocycles. The average molecular weight is 310 g/mol. The molecule has 5 heteroatoms. The minimum Gasteiger partial charge on any atom is -0.293 e. The van der Waals surface area contributed by atoms with Crippen LogP contribution in [0.25, 0.3) is 0 Å². The van der Waals surface area contributed by atoms with E-state index in [1.54, 1.807) is 42.5 Å². The van der Waals surface area contributed by atoms with Crippen molar-refractivity contribution in [3.63, 3.8) is 0 Å². The van der Waals surface area contributed by atoms with Gasteiger partial charge in [-0.15, -0.1) is 11.3 Å². The van der Waals surface area contributed by atoms with Gasteiger partial charge in [0.1, 0.15) is 5.92 Å². The Morgan fingerprint density at radius 3 is 2.14 bits per heavy atom. The number of ketones is 2. The van der Waals surface area contributed by atoms with Gasteiger partial charge in [0, 0.05) is 11.1 Å². The molecule has 0 N–H and O–H groups in total. The average Bonchev–Trinajstić information content (AvgIpc) is 3.14. The van der Waals surface area contributed by atoms with Crippen molar-refractivity contribution in [1.82, 2.24) is 0 Å². The Morgan fingerprint density at radius 2 is 1.59 bits per heavy atom. The molecule has 0 saturated heterocycles. The van der Waals surface area contributed by atoms with Crippen molar-refractivity contribution in [2.75, 3.05) is 0 Å². The molecule has 1 aliphatic carbocycles. The van der Waals surface area contributed by atoms with Gasteiger partial charge in [-0.05, 0) is 25.3 Å². The summed E-state index contributed by atoms with van der Waals surface area (Å²) in [5.41, 5.74) is 2.16. The van der Waals surface area contributed by atoms with Crippen molar-refractivity contribution in [2.24, 2.45) is 16.1 Å². The summed E-state index contributed by atoms with van der Waals surface area (Å²) in [5.74, 6) is -1.21. The molecule has 1 aromatic heterocycles. The van der Waals surface area contributed by atoms with Gasteiger partial charge in [0.15, 0.2) is 11.6 Å². The van der Waals surface area contributed by atoms with Crippen LogP contribution in [0.15, 0.2) is 52.0 Å². The molecular weight excluding hydrogens is 296 g/mol. The summed E-state index contributed by atoms with van der Waals surface area (Å²) < 4.78 is 0. The smallest absolute Gasteiger partial charge is 0.180 e. The fourth-order valence-electron chi connectivity index (χ4n) is 2.47. The van der Waals surface area contributed by atoms with E-state index in [0.717, 1.165) is 10.6 Å². The molecule has 110 valence electrons. The van der Waals surface area contributed by atoms with E-state index in [4.69, 9.17) is 0 Å². The highest BCUT2D eigenvalue weighted by molar-refractivity contribution is 7.12. The monoisotopic (exact) mass is 310 g/mol. The van der Waals surface area contributed by atoms with Crippen LogP contribution >= 0.6 is 11.3 Å². The number of fused-ring (bicyclic) bond motifs is 1. The second-order valence-corrected chi connectivity index (χ2v) is 6.06. The lowest BCUT2D eigenvalue weighted by Crippen LogP contribution is -2.23. The predicted molar refractivity (Wildman–Crippen MR) is 88.2 cm³/mol. The molecule has 4 nitrogen and oxygen atoms in total.